The highest BCUT2D eigenvalue weighted by atomic mass is 16.5. The first-order valence-corrected chi connectivity index (χ1v) is 8.54. The summed E-state index contributed by atoms with van der Waals surface area (Å²) in [7, 11) is 1.62. The molecule has 4 rings (SSSR count). The highest BCUT2D eigenvalue weighted by Crippen LogP contribution is 2.21. The van der Waals surface area contributed by atoms with Crippen LogP contribution in [0.4, 0.5) is 0 Å². The Kier molecular flexibility index (Phi) is 4.33. The van der Waals surface area contributed by atoms with Gasteiger partial charge in [0.1, 0.15) is 23.1 Å². The van der Waals surface area contributed by atoms with Crippen LogP contribution in [0.25, 0.3) is 16.7 Å². The van der Waals surface area contributed by atoms with Crippen LogP contribution in [0.2, 0.25) is 0 Å². The molecule has 0 aliphatic rings. The normalized spacial score (nSPS) is 10.9. The second-order valence-electron chi connectivity index (χ2n) is 6.19. The van der Waals surface area contributed by atoms with Gasteiger partial charge in [0.05, 0.1) is 7.11 Å². The molecular formula is C20H19N5O2. The molecule has 0 aliphatic carbocycles. The molecule has 3 heterocycles. The Bertz CT molecular complexity index is 1110. The van der Waals surface area contributed by atoms with Gasteiger partial charge < -0.3 is 15.0 Å². The fraction of sp³-hybridized carbons (Fsp3) is 0.150. The minimum atomic E-state index is -0.164. The van der Waals surface area contributed by atoms with Gasteiger partial charge in [-0.3, -0.25) is 9.36 Å². The van der Waals surface area contributed by atoms with Crippen molar-refractivity contribution >= 4 is 16.8 Å². The fourth-order valence-corrected chi connectivity index (χ4v) is 2.96. The van der Waals surface area contributed by atoms with Crippen molar-refractivity contribution in [3.05, 3.63) is 72.1 Å². The topological polar surface area (TPSA) is 84.8 Å². The summed E-state index contributed by atoms with van der Waals surface area (Å²) in [4.78, 5) is 24.2. The van der Waals surface area contributed by atoms with Gasteiger partial charge >= 0.3 is 0 Å². The van der Waals surface area contributed by atoms with Crippen LogP contribution in [0, 0.1) is 6.92 Å². The molecule has 1 amide bonds. The smallest absolute Gasteiger partial charge is 0.267 e. The summed E-state index contributed by atoms with van der Waals surface area (Å²) < 4.78 is 7.11. The number of nitrogens with zero attached hydrogens (tertiary/aromatic N) is 3. The summed E-state index contributed by atoms with van der Waals surface area (Å²) in [6.07, 6.45) is 5.32. The third-order valence-electron chi connectivity index (χ3n) is 4.41. The summed E-state index contributed by atoms with van der Waals surface area (Å²) in [5.74, 6) is 2.21. The molecule has 136 valence electrons. The van der Waals surface area contributed by atoms with E-state index in [1.807, 2.05) is 54.1 Å². The molecule has 0 spiro atoms. The third-order valence-corrected chi connectivity index (χ3v) is 4.41. The number of amides is 1. The minimum absolute atomic E-state index is 0.164. The van der Waals surface area contributed by atoms with Crippen molar-refractivity contribution in [1.29, 1.82) is 0 Å². The number of carbonyl (C=O) groups is 1. The summed E-state index contributed by atoms with van der Waals surface area (Å²) in [6, 6.07) is 11.3. The van der Waals surface area contributed by atoms with E-state index in [0.29, 0.717) is 12.2 Å². The van der Waals surface area contributed by atoms with Gasteiger partial charge in [-0.2, -0.15) is 0 Å². The maximum atomic E-state index is 12.5. The van der Waals surface area contributed by atoms with E-state index < -0.39 is 0 Å². The average molecular weight is 361 g/mol. The molecular weight excluding hydrogens is 342 g/mol. The molecule has 0 aliphatic heterocycles. The molecule has 0 unspecified atom stereocenters. The van der Waals surface area contributed by atoms with E-state index in [4.69, 9.17) is 4.74 Å². The van der Waals surface area contributed by atoms with Crippen LogP contribution in [-0.2, 0) is 6.54 Å². The van der Waals surface area contributed by atoms with Gasteiger partial charge in [0.2, 0.25) is 0 Å². The zero-order valence-corrected chi connectivity index (χ0v) is 15.1. The molecule has 0 fully saturated rings. The van der Waals surface area contributed by atoms with E-state index in [2.05, 4.69) is 20.3 Å². The Balaban J connectivity index is 1.49. The van der Waals surface area contributed by atoms with Crippen LogP contribution in [0.3, 0.4) is 0 Å². The Morgan fingerprint density at radius 3 is 2.85 bits per heavy atom. The van der Waals surface area contributed by atoms with Gasteiger partial charge in [0, 0.05) is 42.1 Å². The van der Waals surface area contributed by atoms with E-state index in [0.717, 1.165) is 33.9 Å². The summed E-state index contributed by atoms with van der Waals surface area (Å²) in [5.41, 5.74) is 2.33. The average Bonchev–Trinajstić information content (AvgIpc) is 3.31. The standard InChI is InChI=1S/C20H19N5O2/c1-13-21-7-8-25(13)19-9-14(5-6-22-19)12-23-20(26)18-10-15-3-4-16(27-2)11-17(15)24-18/h3-11,24H,12H2,1-2H3,(H,23,26). The fourth-order valence-electron chi connectivity index (χ4n) is 2.96. The lowest BCUT2D eigenvalue weighted by Crippen LogP contribution is -2.23. The number of benzene rings is 1. The molecule has 0 bridgehead atoms. The van der Waals surface area contributed by atoms with Crippen LogP contribution in [0.5, 0.6) is 5.75 Å². The van der Waals surface area contributed by atoms with Crippen LogP contribution in [0.15, 0.2) is 55.0 Å². The quantitative estimate of drug-likeness (QED) is 0.572. The van der Waals surface area contributed by atoms with Gasteiger partial charge in [0.25, 0.3) is 5.91 Å². The van der Waals surface area contributed by atoms with E-state index in [1.54, 1.807) is 19.5 Å². The van der Waals surface area contributed by atoms with E-state index in [-0.39, 0.29) is 5.91 Å². The van der Waals surface area contributed by atoms with Gasteiger partial charge in [-0.1, -0.05) is 0 Å². The number of methoxy groups -OCH3 is 1. The van der Waals surface area contributed by atoms with Crippen molar-refractivity contribution in [2.75, 3.05) is 7.11 Å². The lowest BCUT2D eigenvalue weighted by Gasteiger charge is -2.07. The van der Waals surface area contributed by atoms with Crippen molar-refractivity contribution in [2.45, 2.75) is 13.5 Å². The number of ether oxygens (including phenoxy) is 1. The minimum Gasteiger partial charge on any atom is -0.497 e. The molecule has 4 aromatic rings. The lowest BCUT2D eigenvalue weighted by molar-refractivity contribution is 0.0946. The summed E-state index contributed by atoms with van der Waals surface area (Å²) >= 11 is 0. The number of aromatic amines is 1. The van der Waals surface area contributed by atoms with E-state index in [1.165, 1.54) is 0 Å². The molecule has 27 heavy (non-hydrogen) atoms. The number of nitrogens with one attached hydrogen (secondary N) is 2. The van der Waals surface area contributed by atoms with Crippen LogP contribution >= 0.6 is 0 Å². The van der Waals surface area contributed by atoms with Crippen molar-refractivity contribution < 1.29 is 9.53 Å². The monoisotopic (exact) mass is 361 g/mol. The molecule has 7 nitrogen and oxygen atoms in total. The molecule has 3 aromatic heterocycles. The number of fused-ring (bicyclic) bond motifs is 1. The number of imidazole rings is 1. The zero-order valence-electron chi connectivity index (χ0n) is 15.1. The summed E-state index contributed by atoms with van der Waals surface area (Å²) in [6.45, 7) is 2.32. The van der Waals surface area contributed by atoms with Crippen molar-refractivity contribution in [1.82, 2.24) is 24.8 Å². The van der Waals surface area contributed by atoms with Crippen molar-refractivity contribution in [3.63, 3.8) is 0 Å². The van der Waals surface area contributed by atoms with Crippen LogP contribution in [0.1, 0.15) is 21.9 Å². The number of carbonyl (C=O) groups excluding carboxylic acids is 1. The molecule has 7 heteroatoms. The van der Waals surface area contributed by atoms with E-state index in [9.17, 15) is 4.79 Å². The largest absolute Gasteiger partial charge is 0.497 e. The highest BCUT2D eigenvalue weighted by Gasteiger charge is 2.10. The highest BCUT2D eigenvalue weighted by molar-refractivity contribution is 5.98. The summed E-state index contributed by atoms with van der Waals surface area (Å²) in [5, 5.41) is 3.90. The number of H-pyrrole nitrogens is 1. The Labute approximate surface area is 156 Å². The molecule has 0 saturated heterocycles. The number of pyridine rings is 1. The predicted molar refractivity (Wildman–Crippen MR) is 102 cm³/mol. The van der Waals surface area contributed by atoms with Gasteiger partial charge in [-0.25, -0.2) is 9.97 Å². The lowest BCUT2D eigenvalue weighted by atomic mass is 10.2. The second-order valence-corrected chi connectivity index (χ2v) is 6.19. The van der Waals surface area contributed by atoms with Crippen LogP contribution < -0.4 is 10.1 Å². The predicted octanol–water partition coefficient (Wildman–Crippen LogP) is 3.00. The number of aryl methyl sites for hydroxylation is 1. The third kappa shape index (κ3) is 3.39. The SMILES string of the molecule is COc1ccc2cc(C(=O)NCc3ccnc(-n4ccnc4C)c3)[nH]c2c1. The van der Waals surface area contributed by atoms with Crippen molar-refractivity contribution in [2.24, 2.45) is 0 Å². The molecule has 0 radical (unpaired) electrons. The van der Waals surface area contributed by atoms with Gasteiger partial charge in [0.15, 0.2) is 0 Å². The molecule has 0 atom stereocenters. The molecule has 2 N–H and O–H groups in total. The van der Waals surface area contributed by atoms with Gasteiger partial charge in [-0.05, 0) is 42.8 Å². The number of hydrogen-bond acceptors (Lipinski definition) is 4. The Morgan fingerprint density at radius 2 is 2.07 bits per heavy atom. The van der Waals surface area contributed by atoms with Crippen molar-refractivity contribution in [3.8, 4) is 11.6 Å². The Morgan fingerprint density at radius 1 is 1.19 bits per heavy atom. The first-order chi connectivity index (χ1) is 13.1. The number of aromatic nitrogens is 4. The Hall–Kier alpha value is -3.61. The number of rotatable bonds is 5. The maximum Gasteiger partial charge on any atom is 0.267 e. The first-order valence-electron chi connectivity index (χ1n) is 8.54. The second kappa shape index (κ2) is 6.95. The maximum absolute atomic E-state index is 12.5. The molecule has 0 saturated carbocycles. The van der Waals surface area contributed by atoms with Gasteiger partial charge in [-0.15, -0.1) is 0 Å². The molecule has 1 aromatic carbocycles. The first kappa shape index (κ1) is 16.8. The zero-order chi connectivity index (χ0) is 18.8. The number of hydrogen-bond donors (Lipinski definition) is 2. The van der Waals surface area contributed by atoms with E-state index >= 15 is 0 Å². The van der Waals surface area contributed by atoms with Crippen LogP contribution in [-0.4, -0.2) is 32.5 Å².